The smallest absolute Gasteiger partial charge is 0.319 e. The minimum Gasteiger partial charge on any atom is -0.497 e. The Bertz CT molecular complexity index is 866. The number of anilines is 1. The van der Waals surface area contributed by atoms with Gasteiger partial charge < -0.3 is 20.1 Å². The van der Waals surface area contributed by atoms with Crippen LogP contribution in [0, 0.1) is 0 Å². The molecule has 1 heterocycles. The van der Waals surface area contributed by atoms with Crippen molar-refractivity contribution in [3.05, 3.63) is 84.2 Å². The molecule has 0 atom stereocenters. The van der Waals surface area contributed by atoms with E-state index in [1.807, 2.05) is 60.7 Å². The van der Waals surface area contributed by atoms with E-state index in [-0.39, 0.29) is 6.03 Å². The summed E-state index contributed by atoms with van der Waals surface area (Å²) in [4.78, 5) is 16.1. The maximum Gasteiger partial charge on any atom is 0.319 e. The second kappa shape index (κ2) is 9.97. The lowest BCUT2D eigenvalue weighted by molar-refractivity contribution is 0.252. The normalized spacial score (nSPS) is 10.2. The van der Waals surface area contributed by atoms with Gasteiger partial charge in [-0.25, -0.2) is 4.79 Å². The van der Waals surface area contributed by atoms with E-state index in [1.165, 1.54) is 0 Å². The number of hydrogen-bond donors (Lipinski definition) is 2. The molecule has 6 heteroatoms. The summed E-state index contributed by atoms with van der Waals surface area (Å²) in [6, 6.07) is 18.7. The Kier molecular flexibility index (Phi) is 6.84. The van der Waals surface area contributed by atoms with E-state index in [1.54, 1.807) is 19.5 Å². The maximum absolute atomic E-state index is 12.0. The molecule has 0 saturated carbocycles. The lowest BCUT2D eigenvalue weighted by atomic mass is 10.1. The second-order valence-corrected chi connectivity index (χ2v) is 6.15. The molecule has 1 aromatic heterocycles. The van der Waals surface area contributed by atoms with E-state index in [2.05, 4.69) is 15.6 Å². The van der Waals surface area contributed by atoms with Crippen molar-refractivity contribution in [3.63, 3.8) is 0 Å². The zero-order chi connectivity index (χ0) is 19.6. The average Bonchev–Trinajstić information content (AvgIpc) is 2.74. The largest absolute Gasteiger partial charge is 0.497 e. The van der Waals surface area contributed by atoms with Gasteiger partial charge >= 0.3 is 6.03 Å². The number of ether oxygens (including phenoxy) is 2. The van der Waals surface area contributed by atoms with Crippen LogP contribution < -0.4 is 20.1 Å². The minimum absolute atomic E-state index is 0.238. The number of pyridine rings is 1. The highest BCUT2D eigenvalue weighted by molar-refractivity contribution is 5.89. The zero-order valence-electron chi connectivity index (χ0n) is 15.7. The van der Waals surface area contributed by atoms with Crippen LogP contribution in [0.2, 0.25) is 0 Å². The van der Waals surface area contributed by atoms with Gasteiger partial charge in [0, 0.05) is 30.2 Å². The number of carbonyl (C=O) groups excluding carboxylic acids is 1. The van der Waals surface area contributed by atoms with Gasteiger partial charge in [0.05, 0.1) is 7.11 Å². The minimum atomic E-state index is -0.238. The fraction of sp³-hybridized carbons (Fsp3) is 0.182. The summed E-state index contributed by atoms with van der Waals surface area (Å²) in [6.45, 7) is 0.997. The third-order valence-electron chi connectivity index (χ3n) is 4.10. The standard InChI is InChI=1S/C22H23N3O3/c1-27-20-8-4-17(5-9-20)12-14-24-22(26)25-19-6-10-21(11-7-19)28-16-18-3-2-13-23-15-18/h2-11,13,15H,12,14,16H2,1H3,(H2,24,25,26). The molecule has 2 amide bonds. The van der Waals surface area contributed by atoms with Gasteiger partial charge in [0.1, 0.15) is 18.1 Å². The third kappa shape index (κ3) is 6.02. The van der Waals surface area contributed by atoms with Crippen LogP contribution in [0.1, 0.15) is 11.1 Å². The Morgan fingerprint density at radius 3 is 2.39 bits per heavy atom. The van der Waals surface area contributed by atoms with Crippen LogP contribution in [0.3, 0.4) is 0 Å². The molecule has 144 valence electrons. The molecule has 0 aliphatic heterocycles. The lowest BCUT2D eigenvalue weighted by Gasteiger charge is -2.10. The molecule has 0 fully saturated rings. The molecule has 0 bridgehead atoms. The molecule has 3 rings (SSSR count). The fourth-order valence-corrected chi connectivity index (χ4v) is 2.57. The van der Waals surface area contributed by atoms with Crippen LogP contribution in [0.5, 0.6) is 11.5 Å². The Hall–Kier alpha value is -3.54. The van der Waals surface area contributed by atoms with Gasteiger partial charge in [0.25, 0.3) is 0 Å². The molecule has 0 saturated heterocycles. The number of rotatable bonds is 8. The topological polar surface area (TPSA) is 72.5 Å². The first kappa shape index (κ1) is 19.2. The molecular weight excluding hydrogens is 354 g/mol. The molecule has 2 aromatic carbocycles. The van der Waals surface area contributed by atoms with E-state index in [4.69, 9.17) is 9.47 Å². The van der Waals surface area contributed by atoms with Gasteiger partial charge in [-0.05, 0) is 54.4 Å². The van der Waals surface area contributed by atoms with Crippen molar-refractivity contribution in [1.82, 2.24) is 10.3 Å². The summed E-state index contributed by atoms with van der Waals surface area (Å²) >= 11 is 0. The summed E-state index contributed by atoms with van der Waals surface area (Å²) in [6.07, 6.45) is 4.25. The predicted octanol–water partition coefficient (Wildman–Crippen LogP) is 4.03. The molecule has 0 spiro atoms. The van der Waals surface area contributed by atoms with Gasteiger partial charge in [-0.1, -0.05) is 18.2 Å². The molecule has 3 aromatic rings. The average molecular weight is 377 g/mol. The van der Waals surface area contributed by atoms with Crippen LogP contribution in [-0.2, 0) is 13.0 Å². The monoisotopic (exact) mass is 377 g/mol. The van der Waals surface area contributed by atoms with Gasteiger partial charge in [-0.3, -0.25) is 4.98 Å². The maximum atomic E-state index is 12.0. The number of amides is 2. The molecule has 0 aliphatic rings. The van der Waals surface area contributed by atoms with Crippen LogP contribution >= 0.6 is 0 Å². The highest BCUT2D eigenvalue weighted by Crippen LogP contribution is 2.17. The van der Waals surface area contributed by atoms with Crippen molar-refractivity contribution in [1.29, 1.82) is 0 Å². The van der Waals surface area contributed by atoms with E-state index >= 15 is 0 Å². The zero-order valence-corrected chi connectivity index (χ0v) is 15.7. The SMILES string of the molecule is COc1ccc(CCNC(=O)Nc2ccc(OCc3cccnc3)cc2)cc1. The van der Waals surface area contributed by atoms with Crippen molar-refractivity contribution in [2.24, 2.45) is 0 Å². The Labute approximate surface area is 164 Å². The van der Waals surface area contributed by atoms with Crippen LogP contribution in [-0.4, -0.2) is 24.7 Å². The molecule has 28 heavy (non-hydrogen) atoms. The van der Waals surface area contributed by atoms with Crippen LogP contribution in [0.4, 0.5) is 10.5 Å². The van der Waals surface area contributed by atoms with Crippen molar-refractivity contribution < 1.29 is 14.3 Å². The summed E-state index contributed by atoms with van der Waals surface area (Å²) < 4.78 is 10.8. The molecule has 0 aliphatic carbocycles. The van der Waals surface area contributed by atoms with Crippen LogP contribution in [0.15, 0.2) is 73.1 Å². The quantitative estimate of drug-likeness (QED) is 0.622. The lowest BCUT2D eigenvalue weighted by Crippen LogP contribution is -2.30. The Balaban J connectivity index is 1.39. The first-order valence-corrected chi connectivity index (χ1v) is 9.02. The summed E-state index contributed by atoms with van der Waals surface area (Å²) in [5, 5.41) is 5.66. The number of aromatic nitrogens is 1. The van der Waals surface area contributed by atoms with E-state index in [9.17, 15) is 4.79 Å². The first-order chi connectivity index (χ1) is 13.7. The first-order valence-electron chi connectivity index (χ1n) is 9.02. The van der Waals surface area contributed by atoms with Gasteiger partial charge in [-0.15, -0.1) is 0 Å². The summed E-state index contributed by atoms with van der Waals surface area (Å²) in [5.41, 5.74) is 2.84. The van der Waals surface area contributed by atoms with Crippen LogP contribution in [0.25, 0.3) is 0 Å². The van der Waals surface area contributed by atoms with E-state index in [0.29, 0.717) is 18.8 Å². The fourth-order valence-electron chi connectivity index (χ4n) is 2.57. The molecule has 0 unspecified atom stereocenters. The molecule has 2 N–H and O–H groups in total. The third-order valence-corrected chi connectivity index (χ3v) is 4.10. The van der Waals surface area contributed by atoms with Crippen molar-refractivity contribution in [2.45, 2.75) is 13.0 Å². The van der Waals surface area contributed by atoms with Gasteiger partial charge in [0.15, 0.2) is 0 Å². The predicted molar refractivity (Wildman–Crippen MR) is 109 cm³/mol. The van der Waals surface area contributed by atoms with Crippen molar-refractivity contribution >= 4 is 11.7 Å². The highest BCUT2D eigenvalue weighted by atomic mass is 16.5. The molecule has 0 radical (unpaired) electrons. The summed E-state index contributed by atoms with van der Waals surface area (Å²) in [7, 11) is 1.64. The van der Waals surface area contributed by atoms with E-state index < -0.39 is 0 Å². The van der Waals surface area contributed by atoms with Gasteiger partial charge in [0.2, 0.25) is 0 Å². The number of urea groups is 1. The van der Waals surface area contributed by atoms with Crippen molar-refractivity contribution in [2.75, 3.05) is 19.0 Å². The number of hydrogen-bond acceptors (Lipinski definition) is 4. The second-order valence-electron chi connectivity index (χ2n) is 6.15. The van der Waals surface area contributed by atoms with Crippen molar-refractivity contribution in [3.8, 4) is 11.5 Å². The van der Waals surface area contributed by atoms with Gasteiger partial charge in [-0.2, -0.15) is 0 Å². The number of methoxy groups -OCH3 is 1. The van der Waals surface area contributed by atoms with E-state index in [0.717, 1.165) is 29.0 Å². The summed E-state index contributed by atoms with van der Waals surface area (Å²) in [5.74, 6) is 1.55. The number of carbonyl (C=O) groups is 1. The molecule has 6 nitrogen and oxygen atoms in total. The Morgan fingerprint density at radius 2 is 1.71 bits per heavy atom. The number of nitrogens with one attached hydrogen (secondary N) is 2. The molecular formula is C22H23N3O3. The number of nitrogens with zero attached hydrogens (tertiary/aromatic N) is 1. The number of benzene rings is 2. The highest BCUT2D eigenvalue weighted by Gasteiger charge is 2.03. The Morgan fingerprint density at radius 1 is 0.964 bits per heavy atom.